The van der Waals surface area contributed by atoms with Gasteiger partial charge in [0.25, 0.3) is 0 Å². The molecule has 0 aromatic carbocycles. The van der Waals surface area contributed by atoms with Crippen molar-refractivity contribution in [3.8, 4) is 0 Å². The first-order chi connectivity index (χ1) is 10.2. The van der Waals surface area contributed by atoms with E-state index in [1.165, 1.54) is 12.8 Å². The van der Waals surface area contributed by atoms with Gasteiger partial charge in [0.1, 0.15) is 0 Å². The van der Waals surface area contributed by atoms with E-state index >= 15 is 0 Å². The minimum absolute atomic E-state index is 0.130. The van der Waals surface area contributed by atoms with Crippen LogP contribution in [0.3, 0.4) is 0 Å². The van der Waals surface area contributed by atoms with Crippen molar-refractivity contribution < 1.29 is 4.92 Å². The van der Waals surface area contributed by atoms with E-state index in [1.807, 2.05) is 6.92 Å². The number of rotatable bonds is 3. The Hall–Kier alpha value is -1.69. The van der Waals surface area contributed by atoms with E-state index in [4.69, 9.17) is 0 Å². The lowest BCUT2D eigenvalue weighted by Gasteiger charge is -2.39. The molecular weight excluding hydrogens is 268 g/mol. The van der Waals surface area contributed by atoms with Gasteiger partial charge in [0.2, 0.25) is 5.82 Å². The van der Waals surface area contributed by atoms with E-state index in [1.54, 1.807) is 12.1 Å². The molecule has 0 amide bonds. The third-order valence-corrected chi connectivity index (χ3v) is 4.57. The highest BCUT2D eigenvalue weighted by molar-refractivity contribution is 5.59. The topological polar surface area (TPSA) is 71.3 Å². The number of nitrogens with zero attached hydrogens (tertiary/aromatic N) is 3. The van der Waals surface area contributed by atoms with Crippen LogP contribution in [-0.2, 0) is 0 Å². The number of pyridine rings is 1. The van der Waals surface area contributed by atoms with Gasteiger partial charge in [-0.2, -0.15) is 0 Å². The van der Waals surface area contributed by atoms with Gasteiger partial charge in [0.15, 0.2) is 0 Å². The molecular formula is C15H22N4O2. The van der Waals surface area contributed by atoms with Crippen LogP contribution in [0.1, 0.15) is 37.8 Å². The van der Waals surface area contributed by atoms with Crippen LogP contribution in [0.5, 0.6) is 0 Å². The van der Waals surface area contributed by atoms with Crippen molar-refractivity contribution in [3.05, 3.63) is 27.9 Å². The summed E-state index contributed by atoms with van der Waals surface area (Å²) in [6, 6.07) is 4.07. The summed E-state index contributed by atoms with van der Waals surface area (Å²) in [5.74, 6) is 0.554. The van der Waals surface area contributed by atoms with Crippen LogP contribution in [0.25, 0.3) is 0 Å². The Balaban J connectivity index is 1.95. The Bertz CT molecular complexity index is 528. The monoisotopic (exact) mass is 290 g/mol. The molecule has 2 fully saturated rings. The molecule has 6 heteroatoms. The molecule has 0 saturated carbocycles. The highest BCUT2D eigenvalue weighted by Gasteiger charge is 2.35. The highest BCUT2D eigenvalue weighted by atomic mass is 16.6. The number of hydrogen-bond acceptors (Lipinski definition) is 5. The molecule has 6 nitrogen and oxygen atoms in total. The van der Waals surface area contributed by atoms with Crippen LogP contribution < -0.4 is 10.2 Å². The van der Waals surface area contributed by atoms with Crippen molar-refractivity contribution in [1.82, 2.24) is 10.3 Å². The fourth-order valence-corrected chi connectivity index (χ4v) is 3.57. The summed E-state index contributed by atoms with van der Waals surface area (Å²) in [4.78, 5) is 17.7. The number of nitrogens with one attached hydrogen (secondary N) is 1. The van der Waals surface area contributed by atoms with Crippen LogP contribution in [0, 0.1) is 17.0 Å². The summed E-state index contributed by atoms with van der Waals surface area (Å²) >= 11 is 0. The van der Waals surface area contributed by atoms with Crippen molar-refractivity contribution >= 4 is 11.5 Å². The summed E-state index contributed by atoms with van der Waals surface area (Å²) in [5.41, 5.74) is 0.963. The van der Waals surface area contributed by atoms with Crippen molar-refractivity contribution in [2.75, 3.05) is 18.0 Å². The number of anilines is 1. The van der Waals surface area contributed by atoms with E-state index < -0.39 is 0 Å². The first-order valence-corrected chi connectivity index (χ1v) is 7.79. The molecule has 3 heterocycles. The normalized spacial score (nSPS) is 26.0. The Kier molecular flexibility index (Phi) is 4.05. The lowest BCUT2D eigenvalue weighted by molar-refractivity contribution is -0.384. The third kappa shape index (κ3) is 2.85. The predicted molar refractivity (Wildman–Crippen MR) is 81.6 cm³/mol. The molecule has 2 aliphatic rings. The number of piperidine rings is 1. The van der Waals surface area contributed by atoms with Gasteiger partial charge in [-0.05, 0) is 51.6 Å². The van der Waals surface area contributed by atoms with Crippen molar-refractivity contribution in [2.45, 2.75) is 51.1 Å². The molecule has 0 bridgehead atoms. The molecule has 2 unspecified atom stereocenters. The Morgan fingerprint density at radius 1 is 1.33 bits per heavy atom. The fraction of sp³-hybridized carbons (Fsp3) is 0.667. The third-order valence-electron chi connectivity index (χ3n) is 4.57. The fourth-order valence-electron chi connectivity index (χ4n) is 3.57. The van der Waals surface area contributed by atoms with Gasteiger partial charge in [-0.1, -0.05) is 0 Å². The van der Waals surface area contributed by atoms with E-state index in [2.05, 4.69) is 15.2 Å². The van der Waals surface area contributed by atoms with Crippen LogP contribution in [0.15, 0.2) is 12.1 Å². The maximum absolute atomic E-state index is 11.3. The second-order valence-electron chi connectivity index (χ2n) is 6.01. The molecule has 2 atom stereocenters. The zero-order chi connectivity index (χ0) is 14.8. The molecule has 2 saturated heterocycles. The molecule has 1 aromatic rings. The highest BCUT2D eigenvalue weighted by Crippen LogP contribution is 2.33. The van der Waals surface area contributed by atoms with Crippen molar-refractivity contribution in [3.63, 3.8) is 0 Å². The number of nitro groups is 1. The first kappa shape index (κ1) is 14.3. The van der Waals surface area contributed by atoms with E-state index in [0.29, 0.717) is 17.9 Å². The van der Waals surface area contributed by atoms with Gasteiger partial charge in [0, 0.05) is 30.4 Å². The van der Waals surface area contributed by atoms with E-state index in [0.717, 1.165) is 38.0 Å². The van der Waals surface area contributed by atoms with Gasteiger partial charge in [-0.25, -0.2) is 4.98 Å². The lowest BCUT2D eigenvalue weighted by Crippen LogP contribution is -2.50. The molecule has 3 rings (SSSR count). The minimum Gasteiger partial charge on any atom is -0.346 e. The van der Waals surface area contributed by atoms with Gasteiger partial charge >= 0.3 is 5.69 Å². The summed E-state index contributed by atoms with van der Waals surface area (Å²) < 4.78 is 0. The summed E-state index contributed by atoms with van der Waals surface area (Å²) in [5, 5.41) is 14.9. The van der Waals surface area contributed by atoms with Gasteiger partial charge in [-0.15, -0.1) is 0 Å². The Labute approximate surface area is 124 Å². The maximum atomic E-state index is 11.3. The number of hydrogen-bond donors (Lipinski definition) is 1. The zero-order valence-electron chi connectivity index (χ0n) is 12.4. The Morgan fingerprint density at radius 3 is 2.90 bits per heavy atom. The molecule has 1 N–H and O–H groups in total. The van der Waals surface area contributed by atoms with Gasteiger partial charge in [0.05, 0.1) is 4.92 Å². The van der Waals surface area contributed by atoms with E-state index in [-0.39, 0.29) is 10.6 Å². The van der Waals surface area contributed by atoms with Crippen LogP contribution in [0.2, 0.25) is 0 Å². The molecule has 2 aliphatic heterocycles. The molecule has 21 heavy (non-hydrogen) atoms. The average molecular weight is 290 g/mol. The molecule has 0 aliphatic carbocycles. The first-order valence-electron chi connectivity index (χ1n) is 7.79. The quantitative estimate of drug-likeness (QED) is 0.683. The second kappa shape index (κ2) is 5.97. The maximum Gasteiger partial charge on any atom is 0.311 e. The largest absolute Gasteiger partial charge is 0.346 e. The van der Waals surface area contributed by atoms with Crippen LogP contribution in [-0.4, -0.2) is 35.1 Å². The number of aryl methyl sites for hydroxylation is 1. The molecule has 1 aromatic heterocycles. The summed E-state index contributed by atoms with van der Waals surface area (Å²) in [6.07, 6.45) is 5.71. The van der Waals surface area contributed by atoms with E-state index in [9.17, 15) is 10.1 Å². The molecule has 114 valence electrons. The number of aromatic nitrogens is 1. The summed E-state index contributed by atoms with van der Waals surface area (Å²) in [7, 11) is 0. The molecule has 0 spiro atoms. The van der Waals surface area contributed by atoms with Crippen molar-refractivity contribution in [1.29, 1.82) is 0 Å². The SMILES string of the molecule is Cc1ccc([N+](=O)[O-])c(N2CCCCC2C2CCCN2)n1. The zero-order valence-corrected chi connectivity index (χ0v) is 12.4. The second-order valence-corrected chi connectivity index (χ2v) is 6.01. The van der Waals surface area contributed by atoms with Crippen LogP contribution >= 0.6 is 0 Å². The average Bonchev–Trinajstić information content (AvgIpc) is 3.01. The molecule has 0 radical (unpaired) electrons. The summed E-state index contributed by atoms with van der Waals surface area (Å²) in [6.45, 7) is 3.80. The Morgan fingerprint density at radius 2 is 2.19 bits per heavy atom. The van der Waals surface area contributed by atoms with Gasteiger partial charge < -0.3 is 10.2 Å². The van der Waals surface area contributed by atoms with Crippen molar-refractivity contribution in [2.24, 2.45) is 0 Å². The lowest BCUT2D eigenvalue weighted by atomic mass is 9.94. The smallest absolute Gasteiger partial charge is 0.311 e. The predicted octanol–water partition coefficient (Wildman–Crippen LogP) is 2.41. The van der Waals surface area contributed by atoms with Crippen LogP contribution in [0.4, 0.5) is 11.5 Å². The van der Waals surface area contributed by atoms with Gasteiger partial charge in [-0.3, -0.25) is 10.1 Å². The minimum atomic E-state index is -0.310. The standard InChI is InChI=1S/C15H22N4O2/c1-11-7-8-14(19(20)21)15(17-11)18-10-3-2-6-13(18)12-5-4-9-16-12/h7-8,12-13,16H,2-6,9-10H2,1H3.